The molecule has 0 bridgehead atoms. The van der Waals surface area contributed by atoms with Crippen molar-refractivity contribution in [2.24, 2.45) is 0 Å². The summed E-state index contributed by atoms with van der Waals surface area (Å²) in [6, 6.07) is 11.2. The maximum atomic E-state index is 12.5. The third-order valence-corrected chi connectivity index (χ3v) is 3.94. The van der Waals surface area contributed by atoms with Crippen LogP contribution in [0.3, 0.4) is 0 Å². The van der Waals surface area contributed by atoms with Crippen LogP contribution in [0.25, 0.3) is 0 Å². The van der Waals surface area contributed by atoms with Gasteiger partial charge in [0.1, 0.15) is 11.5 Å². The van der Waals surface area contributed by atoms with Gasteiger partial charge >= 0.3 is 0 Å². The lowest BCUT2D eigenvalue weighted by Crippen LogP contribution is -2.48. The molecule has 1 aromatic heterocycles. The minimum absolute atomic E-state index is 0.0662. The highest BCUT2D eigenvalue weighted by atomic mass is 16.5. The van der Waals surface area contributed by atoms with Crippen molar-refractivity contribution in [1.82, 2.24) is 9.80 Å². The molecule has 3 rings (SSSR count). The predicted octanol–water partition coefficient (Wildman–Crippen LogP) is 2.25. The summed E-state index contributed by atoms with van der Waals surface area (Å²) in [7, 11) is 1.61. The van der Waals surface area contributed by atoms with E-state index >= 15 is 0 Å². The molecule has 22 heavy (non-hydrogen) atoms. The first-order valence-electron chi connectivity index (χ1n) is 7.44. The number of piperazine rings is 1. The van der Waals surface area contributed by atoms with Gasteiger partial charge in [0.15, 0.2) is 0 Å². The van der Waals surface area contributed by atoms with Crippen LogP contribution in [0.4, 0.5) is 0 Å². The summed E-state index contributed by atoms with van der Waals surface area (Å²) in [6.07, 6.45) is 1.69. The number of methoxy groups -OCH3 is 1. The van der Waals surface area contributed by atoms with Crippen LogP contribution in [-0.4, -0.2) is 49.0 Å². The van der Waals surface area contributed by atoms with E-state index in [1.54, 1.807) is 19.4 Å². The van der Waals surface area contributed by atoms with Crippen molar-refractivity contribution in [1.29, 1.82) is 0 Å². The maximum absolute atomic E-state index is 12.5. The molecule has 2 aromatic rings. The Morgan fingerprint density at radius 2 is 2.00 bits per heavy atom. The first kappa shape index (κ1) is 14.7. The lowest BCUT2D eigenvalue weighted by atomic mass is 10.1. The number of ether oxygens (including phenoxy) is 1. The summed E-state index contributed by atoms with van der Waals surface area (Å²) in [5.41, 5.74) is 0.679. The zero-order chi connectivity index (χ0) is 15.4. The summed E-state index contributed by atoms with van der Waals surface area (Å²) in [6.45, 7) is 3.98. The van der Waals surface area contributed by atoms with Crippen LogP contribution in [0.1, 0.15) is 16.1 Å². The Kier molecular flexibility index (Phi) is 4.44. The number of rotatable bonds is 4. The fourth-order valence-corrected chi connectivity index (χ4v) is 2.67. The lowest BCUT2D eigenvalue weighted by Gasteiger charge is -2.34. The molecule has 0 atom stereocenters. The van der Waals surface area contributed by atoms with E-state index in [0.717, 1.165) is 38.5 Å². The molecule has 1 aliphatic rings. The molecule has 5 heteroatoms. The largest absolute Gasteiger partial charge is 0.497 e. The molecule has 2 heterocycles. The van der Waals surface area contributed by atoms with Gasteiger partial charge in [-0.25, -0.2) is 0 Å². The topological polar surface area (TPSA) is 45.9 Å². The van der Waals surface area contributed by atoms with Crippen LogP contribution in [0.2, 0.25) is 0 Å². The third-order valence-electron chi connectivity index (χ3n) is 3.94. The highest BCUT2D eigenvalue weighted by Crippen LogP contribution is 2.16. The number of hydrogen-bond acceptors (Lipinski definition) is 4. The van der Waals surface area contributed by atoms with Gasteiger partial charge in [-0.2, -0.15) is 0 Å². The lowest BCUT2D eigenvalue weighted by molar-refractivity contribution is 0.0620. The molecule has 116 valence electrons. The van der Waals surface area contributed by atoms with Gasteiger partial charge < -0.3 is 14.1 Å². The highest BCUT2D eigenvalue weighted by Gasteiger charge is 2.22. The van der Waals surface area contributed by atoms with Gasteiger partial charge in [0.2, 0.25) is 0 Å². The van der Waals surface area contributed by atoms with Crippen molar-refractivity contribution < 1.29 is 13.9 Å². The molecule has 0 aliphatic carbocycles. The molecule has 1 fully saturated rings. The molecule has 1 aliphatic heterocycles. The molecule has 1 saturated heterocycles. The minimum atomic E-state index is 0.0662. The van der Waals surface area contributed by atoms with E-state index in [0.29, 0.717) is 11.3 Å². The molecule has 1 amide bonds. The fourth-order valence-electron chi connectivity index (χ4n) is 2.67. The van der Waals surface area contributed by atoms with E-state index in [1.807, 2.05) is 35.2 Å². The molecule has 1 aromatic carbocycles. The highest BCUT2D eigenvalue weighted by molar-refractivity contribution is 5.94. The van der Waals surface area contributed by atoms with Crippen LogP contribution in [0, 0.1) is 0 Å². The van der Waals surface area contributed by atoms with Gasteiger partial charge in [-0.15, -0.1) is 0 Å². The zero-order valence-electron chi connectivity index (χ0n) is 12.7. The quantitative estimate of drug-likeness (QED) is 0.869. The van der Waals surface area contributed by atoms with Gasteiger partial charge in [-0.05, 0) is 30.3 Å². The monoisotopic (exact) mass is 300 g/mol. The average Bonchev–Trinajstić information content (AvgIpc) is 3.08. The van der Waals surface area contributed by atoms with Gasteiger partial charge in [-0.1, -0.05) is 6.07 Å². The summed E-state index contributed by atoms with van der Waals surface area (Å²) in [5.74, 6) is 1.74. The normalized spacial score (nSPS) is 15.8. The Balaban J connectivity index is 1.57. The van der Waals surface area contributed by atoms with E-state index in [4.69, 9.17) is 9.15 Å². The number of benzene rings is 1. The fraction of sp³-hybridized carbons (Fsp3) is 0.353. The van der Waals surface area contributed by atoms with Crippen molar-refractivity contribution in [3.8, 4) is 5.75 Å². The number of amides is 1. The second-order valence-corrected chi connectivity index (χ2v) is 5.38. The predicted molar refractivity (Wildman–Crippen MR) is 82.9 cm³/mol. The van der Waals surface area contributed by atoms with Crippen LogP contribution in [-0.2, 0) is 6.54 Å². The first-order valence-corrected chi connectivity index (χ1v) is 7.44. The number of hydrogen-bond donors (Lipinski definition) is 0. The van der Waals surface area contributed by atoms with Crippen molar-refractivity contribution in [2.45, 2.75) is 6.54 Å². The Hall–Kier alpha value is -2.27. The van der Waals surface area contributed by atoms with Crippen LogP contribution in [0.15, 0.2) is 47.1 Å². The van der Waals surface area contributed by atoms with E-state index in [-0.39, 0.29) is 5.91 Å². The molecule has 0 saturated carbocycles. The number of furan rings is 1. The molecule has 0 N–H and O–H groups in total. The summed E-state index contributed by atoms with van der Waals surface area (Å²) < 4.78 is 10.5. The van der Waals surface area contributed by atoms with Crippen molar-refractivity contribution in [3.05, 3.63) is 54.0 Å². The zero-order valence-corrected chi connectivity index (χ0v) is 12.7. The number of carbonyl (C=O) groups is 1. The molecule has 5 nitrogen and oxygen atoms in total. The van der Waals surface area contributed by atoms with Gasteiger partial charge in [0, 0.05) is 31.7 Å². The number of carbonyl (C=O) groups excluding carboxylic acids is 1. The van der Waals surface area contributed by atoms with Gasteiger partial charge in [0.25, 0.3) is 5.91 Å². The molecule has 0 unspecified atom stereocenters. The molecular formula is C17H20N2O3. The molecular weight excluding hydrogens is 280 g/mol. The van der Waals surface area contributed by atoms with Crippen molar-refractivity contribution in [3.63, 3.8) is 0 Å². The van der Waals surface area contributed by atoms with E-state index < -0.39 is 0 Å². The smallest absolute Gasteiger partial charge is 0.254 e. The van der Waals surface area contributed by atoms with Crippen LogP contribution in [0.5, 0.6) is 5.75 Å². The van der Waals surface area contributed by atoms with Crippen molar-refractivity contribution >= 4 is 5.91 Å². The summed E-state index contributed by atoms with van der Waals surface area (Å²) >= 11 is 0. The third kappa shape index (κ3) is 3.31. The SMILES string of the molecule is COc1cccc(C(=O)N2CCN(Cc3ccco3)CC2)c1. The standard InChI is InChI=1S/C17H20N2O3/c1-21-15-5-2-4-14(12-15)17(20)19-9-7-18(8-10-19)13-16-6-3-11-22-16/h2-6,11-12H,7-10,13H2,1H3. The van der Waals surface area contributed by atoms with E-state index in [2.05, 4.69) is 4.90 Å². The van der Waals surface area contributed by atoms with Gasteiger partial charge in [-0.3, -0.25) is 9.69 Å². The Bertz CT molecular complexity index is 617. The van der Waals surface area contributed by atoms with Gasteiger partial charge in [0.05, 0.1) is 19.9 Å². The molecule has 0 spiro atoms. The minimum Gasteiger partial charge on any atom is -0.497 e. The van der Waals surface area contributed by atoms with E-state index in [1.165, 1.54) is 0 Å². The second kappa shape index (κ2) is 6.66. The van der Waals surface area contributed by atoms with Crippen LogP contribution < -0.4 is 4.74 Å². The Labute approximate surface area is 130 Å². The second-order valence-electron chi connectivity index (χ2n) is 5.38. The maximum Gasteiger partial charge on any atom is 0.254 e. The first-order chi connectivity index (χ1) is 10.8. The molecule has 0 radical (unpaired) electrons. The summed E-state index contributed by atoms with van der Waals surface area (Å²) in [5, 5.41) is 0. The average molecular weight is 300 g/mol. The Morgan fingerprint density at radius 3 is 2.68 bits per heavy atom. The van der Waals surface area contributed by atoms with Crippen molar-refractivity contribution in [2.75, 3.05) is 33.3 Å². The summed E-state index contributed by atoms with van der Waals surface area (Å²) in [4.78, 5) is 16.7. The Morgan fingerprint density at radius 1 is 1.18 bits per heavy atom. The van der Waals surface area contributed by atoms with E-state index in [9.17, 15) is 4.79 Å². The number of nitrogens with zero attached hydrogens (tertiary/aromatic N) is 2. The van der Waals surface area contributed by atoms with Crippen LogP contribution >= 0.6 is 0 Å².